The predicted molar refractivity (Wildman–Crippen MR) is 104 cm³/mol. The highest BCUT2D eigenvalue weighted by Crippen LogP contribution is 2.39. The molecule has 138 valence electrons. The van der Waals surface area contributed by atoms with Crippen molar-refractivity contribution in [2.75, 3.05) is 13.1 Å². The van der Waals surface area contributed by atoms with Crippen LogP contribution in [0.3, 0.4) is 0 Å². The molecule has 1 aromatic carbocycles. The molecule has 1 unspecified atom stereocenters. The molecule has 0 N–H and O–H groups in total. The second-order valence-electron chi connectivity index (χ2n) is 8.90. The lowest BCUT2D eigenvalue weighted by Gasteiger charge is -2.36. The van der Waals surface area contributed by atoms with Gasteiger partial charge < -0.3 is 4.52 Å². The largest absolute Gasteiger partial charge is 0.356 e. The Morgan fingerprint density at radius 2 is 1.77 bits per heavy atom. The number of aryl methyl sites for hydroxylation is 2. The molecule has 1 atom stereocenters. The van der Waals surface area contributed by atoms with Gasteiger partial charge in [0.2, 0.25) is 0 Å². The predicted octanol–water partition coefficient (Wildman–Crippen LogP) is 4.94. The third kappa shape index (κ3) is 3.22. The molecule has 0 spiro atoms. The number of fused-ring (bicyclic) bond motifs is 1. The van der Waals surface area contributed by atoms with Gasteiger partial charge in [-0.3, -0.25) is 4.90 Å². The summed E-state index contributed by atoms with van der Waals surface area (Å²) < 4.78 is 5.73. The van der Waals surface area contributed by atoms with Crippen LogP contribution < -0.4 is 0 Å². The summed E-state index contributed by atoms with van der Waals surface area (Å²) in [7, 11) is 0. The third-order valence-electron chi connectivity index (χ3n) is 6.76. The first-order valence-corrected chi connectivity index (χ1v) is 10.5. The molecule has 5 rings (SSSR count). The lowest BCUT2D eigenvalue weighted by atomic mass is 9.83. The van der Waals surface area contributed by atoms with E-state index in [1.807, 2.05) is 6.92 Å². The van der Waals surface area contributed by atoms with Gasteiger partial charge in [-0.05, 0) is 81.8 Å². The Morgan fingerprint density at radius 3 is 2.38 bits per heavy atom. The van der Waals surface area contributed by atoms with Crippen molar-refractivity contribution in [2.24, 2.45) is 11.8 Å². The normalized spacial score (nSPS) is 22.7. The van der Waals surface area contributed by atoms with Gasteiger partial charge in [-0.25, -0.2) is 0 Å². The maximum atomic E-state index is 5.73. The standard InChI is InChI=1S/C23H30N2O/c1-15-16(2)24-26-23(15)21-5-3-4-19-10-11-20(12-22(19)21)25(13-17-6-7-17)14-18-8-9-18/h3-5,17-18,20H,6-14H2,1-2H3. The summed E-state index contributed by atoms with van der Waals surface area (Å²) in [4.78, 5) is 2.85. The first-order valence-electron chi connectivity index (χ1n) is 10.5. The molecule has 0 saturated heterocycles. The van der Waals surface area contributed by atoms with E-state index >= 15 is 0 Å². The molecular formula is C23H30N2O. The van der Waals surface area contributed by atoms with E-state index in [1.165, 1.54) is 80.3 Å². The van der Waals surface area contributed by atoms with Crippen LogP contribution >= 0.6 is 0 Å². The molecule has 0 aliphatic heterocycles. The maximum absolute atomic E-state index is 5.73. The van der Waals surface area contributed by atoms with Crippen molar-refractivity contribution in [3.05, 3.63) is 40.6 Å². The molecule has 3 nitrogen and oxygen atoms in total. The van der Waals surface area contributed by atoms with Crippen LogP contribution in [0.15, 0.2) is 22.7 Å². The van der Waals surface area contributed by atoms with Gasteiger partial charge in [-0.2, -0.15) is 0 Å². The molecule has 3 heteroatoms. The van der Waals surface area contributed by atoms with Gasteiger partial charge in [0.15, 0.2) is 5.76 Å². The van der Waals surface area contributed by atoms with E-state index in [1.54, 1.807) is 0 Å². The van der Waals surface area contributed by atoms with Gasteiger partial charge in [0.25, 0.3) is 0 Å². The number of nitrogens with zero attached hydrogens (tertiary/aromatic N) is 2. The van der Waals surface area contributed by atoms with Gasteiger partial charge in [-0.1, -0.05) is 23.4 Å². The Labute approximate surface area is 156 Å². The molecule has 2 fully saturated rings. The summed E-state index contributed by atoms with van der Waals surface area (Å²) in [5, 5.41) is 4.21. The van der Waals surface area contributed by atoms with Crippen LogP contribution in [0.4, 0.5) is 0 Å². The highest BCUT2D eigenvalue weighted by atomic mass is 16.5. The van der Waals surface area contributed by atoms with Crippen molar-refractivity contribution in [3.63, 3.8) is 0 Å². The molecule has 2 aromatic rings. The Hall–Kier alpha value is -1.61. The fraction of sp³-hybridized carbons (Fsp3) is 0.609. The number of hydrogen-bond donors (Lipinski definition) is 0. The summed E-state index contributed by atoms with van der Waals surface area (Å²) in [6, 6.07) is 7.45. The van der Waals surface area contributed by atoms with Crippen LogP contribution in [0.25, 0.3) is 11.3 Å². The Balaban J connectivity index is 1.44. The smallest absolute Gasteiger partial charge is 0.170 e. The first-order chi connectivity index (χ1) is 12.7. The van der Waals surface area contributed by atoms with Gasteiger partial charge in [0.1, 0.15) is 0 Å². The van der Waals surface area contributed by atoms with Crippen LogP contribution in [-0.4, -0.2) is 29.2 Å². The zero-order valence-electron chi connectivity index (χ0n) is 16.1. The minimum atomic E-state index is 0.703. The summed E-state index contributed by atoms with van der Waals surface area (Å²) in [5.74, 6) is 2.94. The SMILES string of the molecule is Cc1noc(-c2cccc3c2CC(N(CC2CC2)CC2CC2)CC3)c1C. The van der Waals surface area contributed by atoms with E-state index in [2.05, 4.69) is 35.2 Å². The lowest BCUT2D eigenvalue weighted by molar-refractivity contribution is 0.165. The third-order valence-corrected chi connectivity index (χ3v) is 6.76. The lowest BCUT2D eigenvalue weighted by Crippen LogP contribution is -2.42. The average Bonchev–Trinajstić information content (AvgIpc) is 3.57. The maximum Gasteiger partial charge on any atom is 0.170 e. The van der Waals surface area contributed by atoms with E-state index in [9.17, 15) is 0 Å². The number of hydrogen-bond acceptors (Lipinski definition) is 3. The van der Waals surface area contributed by atoms with Gasteiger partial charge in [-0.15, -0.1) is 0 Å². The summed E-state index contributed by atoms with van der Waals surface area (Å²) in [5.41, 5.74) is 6.51. The van der Waals surface area contributed by atoms with E-state index in [4.69, 9.17) is 4.52 Å². The summed E-state index contributed by atoms with van der Waals surface area (Å²) in [6.45, 7) is 6.83. The van der Waals surface area contributed by atoms with E-state index < -0.39 is 0 Å². The van der Waals surface area contributed by atoms with Crippen molar-refractivity contribution in [1.82, 2.24) is 10.1 Å². The van der Waals surface area contributed by atoms with Gasteiger partial charge in [0, 0.05) is 30.3 Å². The minimum absolute atomic E-state index is 0.703. The molecule has 0 radical (unpaired) electrons. The van der Waals surface area contributed by atoms with Crippen molar-refractivity contribution in [3.8, 4) is 11.3 Å². The van der Waals surface area contributed by atoms with Crippen LogP contribution in [0.5, 0.6) is 0 Å². The van der Waals surface area contributed by atoms with Crippen LogP contribution in [-0.2, 0) is 12.8 Å². The van der Waals surface area contributed by atoms with Gasteiger partial charge in [0.05, 0.1) is 5.69 Å². The van der Waals surface area contributed by atoms with Crippen LogP contribution in [0.2, 0.25) is 0 Å². The minimum Gasteiger partial charge on any atom is -0.356 e. The molecule has 0 amide bonds. The molecule has 1 heterocycles. The highest BCUT2D eigenvalue weighted by Gasteiger charge is 2.34. The number of aromatic nitrogens is 1. The molecule has 0 bridgehead atoms. The summed E-state index contributed by atoms with van der Waals surface area (Å²) in [6.07, 6.45) is 9.48. The van der Waals surface area contributed by atoms with E-state index in [-0.39, 0.29) is 0 Å². The van der Waals surface area contributed by atoms with Crippen molar-refractivity contribution in [2.45, 2.75) is 64.8 Å². The first kappa shape index (κ1) is 16.6. The fourth-order valence-electron chi connectivity index (χ4n) is 4.60. The van der Waals surface area contributed by atoms with E-state index in [0.717, 1.165) is 23.3 Å². The monoisotopic (exact) mass is 350 g/mol. The molecule has 26 heavy (non-hydrogen) atoms. The quantitative estimate of drug-likeness (QED) is 0.739. The molecule has 2 saturated carbocycles. The number of rotatable bonds is 6. The molecule has 1 aromatic heterocycles. The van der Waals surface area contributed by atoms with Crippen molar-refractivity contribution in [1.29, 1.82) is 0 Å². The highest BCUT2D eigenvalue weighted by molar-refractivity contribution is 5.67. The molecule has 3 aliphatic carbocycles. The van der Waals surface area contributed by atoms with E-state index in [0.29, 0.717) is 6.04 Å². The van der Waals surface area contributed by atoms with Crippen molar-refractivity contribution < 1.29 is 4.52 Å². The second kappa shape index (κ2) is 6.53. The molecular weight excluding hydrogens is 320 g/mol. The zero-order chi connectivity index (χ0) is 17.7. The Kier molecular flexibility index (Phi) is 4.16. The number of benzene rings is 1. The topological polar surface area (TPSA) is 29.3 Å². The summed E-state index contributed by atoms with van der Waals surface area (Å²) >= 11 is 0. The molecule has 3 aliphatic rings. The Morgan fingerprint density at radius 1 is 1.04 bits per heavy atom. The zero-order valence-corrected chi connectivity index (χ0v) is 16.1. The van der Waals surface area contributed by atoms with Crippen LogP contribution in [0, 0.1) is 25.7 Å². The van der Waals surface area contributed by atoms with Crippen molar-refractivity contribution >= 4 is 0 Å². The fourth-order valence-corrected chi connectivity index (χ4v) is 4.60. The van der Waals surface area contributed by atoms with Crippen LogP contribution in [0.1, 0.15) is 54.5 Å². The second-order valence-corrected chi connectivity index (χ2v) is 8.90. The van der Waals surface area contributed by atoms with Gasteiger partial charge >= 0.3 is 0 Å². The Bertz CT molecular complexity index is 787. The average molecular weight is 351 g/mol.